The van der Waals surface area contributed by atoms with Crippen molar-refractivity contribution in [3.63, 3.8) is 0 Å². The molecule has 4 nitrogen and oxygen atoms in total. The fraction of sp³-hybridized carbons (Fsp3) is 0.652. The number of hydrogen-bond acceptors (Lipinski definition) is 2. The summed E-state index contributed by atoms with van der Waals surface area (Å²) in [6.07, 6.45) is 11.0. The first-order valence-electron chi connectivity index (χ1n) is 10.6. The molecule has 0 saturated carbocycles. The van der Waals surface area contributed by atoms with Crippen molar-refractivity contribution >= 4 is 11.9 Å². The van der Waals surface area contributed by atoms with Crippen LogP contribution in [0.1, 0.15) is 116 Å². The predicted octanol–water partition coefficient (Wildman–Crippen LogP) is 6.28. The minimum Gasteiger partial charge on any atom is -0.478 e. The highest BCUT2D eigenvalue weighted by atomic mass is 16.4. The summed E-state index contributed by atoms with van der Waals surface area (Å²) in [5.41, 5.74) is 2.79. The second-order valence-corrected chi connectivity index (χ2v) is 7.40. The van der Waals surface area contributed by atoms with E-state index >= 15 is 0 Å². The normalized spacial score (nSPS) is 10.9. The highest BCUT2D eigenvalue weighted by Gasteiger charge is 2.24. The second-order valence-electron chi connectivity index (χ2n) is 7.40. The van der Waals surface area contributed by atoms with Crippen molar-refractivity contribution in [2.24, 2.45) is 0 Å². The minimum atomic E-state index is -1.01. The van der Waals surface area contributed by atoms with Gasteiger partial charge >= 0.3 is 11.9 Å². The standard InChI is InChI=1S/C23H36O4/c1-4-7-10-13-17-16-20(22(24)25)19(15-12-9-6-3)21(23(26)27)18(17)14-11-8-5-2/h16H,4-15H2,1-3H3,(H,24,25)(H,26,27). The molecule has 0 heterocycles. The number of carboxylic acid groups (broad SMARTS) is 2. The zero-order valence-electron chi connectivity index (χ0n) is 17.3. The monoisotopic (exact) mass is 376 g/mol. The average molecular weight is 377 g/mol. The van der Waals surface area contributed by atoms with Gasteiger partial charge in [-0.15, -0.1) is 0 Å². The summed E-state index contributed by atoms with van der Waals surface area (Å²) < 4.78 is 0. The Hall–Kier alpha value is -1.84. The predicted molar refractivity (Wildman–Crippen MR) is 110 cm³/mol. The van der Waals surface area contributed by atoms with Crippen LogP contribution in [0.25, 0.3) is 0 Å². The first kappa shape index (κ1) is 23.2. The number of aryl methyl sites for hydroxylation is 1. The number of carboxylic acids is 2. The molecule has 0 radical (unpaired) electrons. The van der Waals surface area contributed by atoms with Gasteiger partial charge in [-0.3, -0.25) is 0 Å². The van der Waals surface area contributed by atoms with Gasteiger partial charge in [-0.05, 0) is 61.3 Å². The molecule has 4 heteroatoms. The molecule has 27 heavy (non-hydrogen) atoms. The molecule has 2 N–H and O–H groups in total. The first-order chi connectivity index (χ1) is 13.0. The number of hydrogen-bond donors (Lipinski definition) is 2. The maximum absolute atomic E-state index is 12.2. The Morgan fingerprint density at radius 3 is 1.63 bits per heavy atom. The van der Waals surface area contributed by atoms with Crippen molar-refractivity contribution < 1.29 is 19.8 Å². The van der Waals surface area contributed by atoms with E-state index in [-0.39, 0.29) is 11.1 Å². The van der Waals surface area contributed by atoms with Crippen LogP contribution < -0.4 is 0 Å². The summed E-state index contributed by atoms with van der Waals surface area (Å²) in [6, 6.07) is 1.77. The summed E-state index contributed by atoms with van der Waals surface area (Å²) in [4.78, 5) is 24.1. The van der Waals surface area contributed by atoms with Gasteiger partial charge in [0.15, 0.2) is 0 Å². The van der Waals surface area contributed by atoms with Crippen LogP contribution in [0.15, 0.2) is 6.07 Å². The lowest BCUT2D eigenvalue weighted by Crippen LogP contribution is -2.16. The molecule has 1 aromatic carbocycles. The Morgan fingerprint density at radius 2 is 1.19 bits per heavy atom. The van der Waals surface area contributed by atoms with Crippen molar-refractivity contribution in [2.75, 3.05) is 0 Å². The molecule has 0 aromatic heterocycles. The molecule has 0 fully saturated rings. The third-order valence-corrected chi connectivity index (χ3v) is 5.19. The molecule has 0 saturated heterocycles. The molecule has 0 aliphatic carbocycles. The van der Waals surface area contributed by atoms with Crippen LogP contribution in [-0.2, 0) is 19.3 Å². The van der Waals surface area contributed by atoms with Crippen LogP contribution in [0, 0.1) is 0 Å². The molecule has 1 rings (SSSR count). The third kappa shape index (κ3) is 7.00. The third-order valence-electron chi connectivity index (χ3n) is 5.19. The van der Waals surface area contributed by atoms with Crippen LogP contribution in [0.4, 0.5) is 0 Å². The number of unbranched alkanes of at least 4 members (excludes halogenated alkanes) is 6. The van der Waals surface area contributed by atoms with E-state index in [4.69, 9.17) is 0 Å². The number of aromatic carboxylic acids is 2. The van der Waals surface area contributed by atoms with Crippen molar-refractivity contribution in [1.82, 2.24) is 0 Å². The highest BCUT2D eigenvalue weighted by Crippen LogP contribution is 2.29. The lowest BCUT2D eigenvalue weighted by molar-refractivity contribution is 0.0694. The summed E-state index contributed by atoms with van der Waals surface area (Å²) in [5, 5.41) is 19.7. The fourth-order valence-electron chi connectivity index (χ4n) is 3.71. The Kier molecular flexibility index (Phi) is 10.8. The number of benzene rings is 1. The van der Waals surface area contributed by atoms with E-state index in [2.05, 4.69) is 20.8 Å². The van der Waals surface area contributed by atoms with Crippen LogP contribution in [0.2, 0.25) is 0 Å². The molecule has 0 aliphatic heterocycles. The largest absolute Gasteiger partial charge is 0.478 e. The molecule has 1 aromatic rings. The van der Waals surface area contributed by atoms with Gasteiger partial charge in [0.2, 0.25) is 0 Å². The van der Waals surface area contributed by atoms with Crippen molar-refractivity contribution in [3.8, 4) is 0 Å². The molecule has 0 bridgehead atoms. The van der Waals surface area contributed by atoms with Crippen LogP contribution >= 0.6 is 0 Å². The Balaban J connectivity index is 3.46. The Bertz CT molecular complexity index is 619. The molecule has 0 aliphatic rings. The summed E-state index contributed by atoms with van der Waals surface area (Å²) >= 11 is 0. The maximum atomic E-state index is 12.2. The Morgan fingerprint density at radius 1 is 0.704 bits per heavy atom. The van der Waals surface area contributed by atoms with E-state index in [9.17, 15) is 19.8 Å². The topological polar surface area (TPSA) is 74.6 Å². The zero-order chi connectivity index (χ0) is 20.2. The van der Waals surface area contributed by atoms with E-state index in [1.165, 1.54) is 0 Å². The second kappa shape index (κ2) is 12.5. The van der Waals surface area contributed by atoms with E-state index in [0.29, 0.717) is 12.0 Å². The van der Waals surface area contributed by atoms with Gasteiger partial charge in [0.1, 0.15) is 0 Å². The molecule has 0 spiro atoms. The quantitative estimate of drug-likeness (QED) is 0.375. The smallest absolute Gasteiger partial charge is 0.336 e. The van der Waals surface area contributed by atoms with Gasteiger partial charge in [-0.1, -0.05) is 59.3 Å². The zero-order valence-corrected chi connectivity index (χ0v) is 17.3. The van der Waals surface area contributed by atoms with Crippen LogP contribution in [0.5, 0.6) is 0 Å². The lowest BCUT2D eigenvalue weighted by Gasteiger charge is -2.19. The number of carbonyl (C=O) groups is 2. The number of rotatable bonds is 14. The molecule has 0 unspecified atom stereocenters. The fourth-order valence-corrected chi connectivity index (χ4v) is 3.71. The van der Waals surface area contributed by atoms with Gasteiger partial charge in [0.25, 0.3) is 0 Å². The first-order valence-corrected chi connectivity index (χ1v) is 10.6. The molecule has 0 amide bonds. The van der Waals surface area contributed by atoms with Crippen molar-refractivity contribution in [3.05, 3.63) is 33.9 Å². The van der Waals surface area contributed by atoms with Gasteiger partial charge in [0.05, 0.1) is 11.1 Å². The van der Waals surface area contributed by atoms with Crippen molar-refractivity contribution in [2.45, 2.75) is 97.8 Å². The highest BCUT2D eigenvalue weighted by molar-refractivity contribution is 5.98. The van der Waals surface area contributed by atoms with Gasteiger partial charge in [0, 0.05) is 0 Å². The molecule has 0 atom stereocenters. The SMILES string of the molecule is CCCCCc1cc(C(=O)O)c(CCCCC)c(C(=O)O)c1CCCCC. The van der Waals surface area contributed by atoms with E-state index < -0.39 is 11.9 Å². The summed E-state index contributed by atoms with van der Waals surface area (Å²) in [6.45, 7) is 6.34. The Labute approximate surface area is 164 Å². The minimum absolute atomic E-state index is 0.189. The van der Waals surface area contributed by atoms with E-state index in [1.54, 1.807) is 6.07 Å². The van der Waals surface area contributed by atoms with Gasteiger partial charge in [-0.2, -0.15) is 0 Å². The van der Waals surface area contributed by atoms with Gasteiger partial charge in [-0.25, -0.2) is 9.59 Å². The maximum Gasteiger partial charge on any atom is 0.336 e. The van der Waals surface area contributed by atoms with Crippen LogP contribution in [0.3, 0.4) is 0 Å². The summed E-state index contributed by atoms with van der Waals surface area (Å²) in [5.74, 6) is -1.99. The average Bonchev–Trinajstić information content (AvgIpc) is 2.62. The summed E-state index contributed by atoms with van der Waals surface area (Å²) in [7, 11) is 0. The van der Waals surface area contributed by atoms with E-state index in [0.717, 1.165) is 81.8 Å². The molecule has 152 valence electrons. The lowest BCUT2D eigenvalue weighted by atomic mass is 9.85. The molecular formula is C23H36O4. The molecular weight excluding hydrogens is 340 g/mol. The van der Waals surface area contributed by atoms with Crippen LogP contribution in [-0.4, -0.2) is 22.2 Å². The van der Waals surface area contributed by atoms with Gasteiger partial charge < -0.3 is 10.2 Å². The van der Waals surface area contributed by atoms with E-state index in [1.807, 2.05) is 0 Å². The van der Waals surface area contributed by atoms with Crippen molar-refractivity contribution in [1.29, 1.82) is 0 Å².